The predicted octanol–water partition coefficient (Wildman–Crippen LogP) is 6.87. The number of amides is 1. The minimum Gasteiger partial charge on any atom is -0.325 e. The lowest BCUT2D eigenvalue weighted by molar-refractivity contribution is -0.118. The van der Waals surface area contributed by atoms with E-state index >= 15 is 0 Å². The number of nitrogens with zero attached hydrogens (tertiary/aromatic N) is 2. The summed E-state index contributed by atoms with van der Waals surface area (Å²) in [6.45, 7) is 5.74. The predicted molar refractivity (Wildman–Crippen MR) is 154 cm³/mol. The SMILES string of the molecule is C[C@@H]1CCC[C@H](C)N1Cc1ccc(/C=C/c2n[nH]c3cc([C@@H]4C[C@@]45C(=O)Nc4ccccc45)ccc23)cc1. The van der Waals surface area contributed by atoms with Crippen molar-refractivity contribution >= 4 is 34.6 Å². The van der Waals surface area contributed by atoms with Gasteiger partial charge >= 0.3 is 0 Å². The van der Waals surface area contributed by atoms with Crippen molar-refractivity contribution in [3.05, 3.63) is 94.7 Å². The van der Waals surface area contributed by atoms with Crippen molar-refractivity contribution in [2.24, 2.45) is 0 Å². The highest BCUT2D eigenvalue weighted by Gasteiger charge is 2.65. The van der Waals surface area contributed by atoms with E-state index in [9.17, 15) is 4.79 Å². The number of fused-ring (bicyclic) bond motifs is 3. The van der Waals surface area contributed by atoms with Gasteiger partial charge in [0, 0.05) is 35.6 Å². The highest BCUT2D eigenvalue weighted by molar-refractivity contribution is 6.09. The third kappa shape index (κ3) is 3.80. The molecule has 192 valence electrons. The van der Waals surface area contributed by atoms with Crippen molar-refractivity contribution < 1.29 is 4.79 Å². The van der Waals surface area contributed by atoms with Crippen LogP contribution >= 0.6 is 0 Å². The van der Waals surface area contributed by atoms with Gasteiger partial charge in [0.15, 0.2) is 0 Å². The van der Waals surface area contributed by atoms with E-state index in [4.69, 9.17) is 0 Å². The largest absolute Gasteiger partial charge is 0.325 e. The fourth-order valence-electron chi connectivity index (χ4n) is 6.86. The van der Waals surface area contributed by atoms with E-state index in [1.165, 1.54) is 36.0 Å². The summed E-state index contributed by atoms with van der Waals surface area (Å²) in [5, 5.41) is 12.0. The summed E-state index contributed by atoms with van der Waals surface area (Å²) in [6, 6.07) is 24.8. The van der Waals surface area contributed by atoms with Crippen LogP contribution in [0.5, 0.6) is 0 Å². The number of benzene rings is 3. The summed E-state index contributed by atoms with van der Waals surface area (Å²) in [7, 11) is 0. The highest BCUT2D eigenvalue weighted by Crippen LogP contribution is 2.65. The molecule has 4 aromatic rings. The third-order valence-electron chi connectivity index (χ3n) is 9.20. The zero-order valence-electron chi connectivity index (χ0n) is 22.1. The Morgan fingerprint density at radius 1 is 1.00 bits per heavy atom. The molecule has 3 aromatic carbocycles. The van der Waals surface area contributed by atoms with Crippen LogP contribution in [0, 0.1) is 0 Å². The molecule has 5 nitrogen and oxygen atoms in total. The monoisotopic (exact) mass is 502 g/mol. The van der Waals surface area contributed by atoms with Crippen LogP contribution in [-0.4, -0.2) is 33.1 Å². The Morgan fingerprint density at radius 2 is 1.79 bits per heavy atom. The highest BCUT2D eigenvalue weighted by atomic mass is 16.2. The molecule has 1 spiro atoms. The summed E-state index contributed by atoms with van der Waals surface area (Å²) in [4.78, 5) is 15.5. The molecule has 7 rings (SSSR count). The van der Waals surface area contributed by atoms with Crippen LogP contribution in [0.4, 0.5) is 5.69 Å². The van der Waals surface area contributed by atoms with E-state index in [-0.39, 0.29) is 11.8 Å². The number of aromatic amines is 1. The van der Waals surface area contributed by atoms with Gasteiger partial charge in [-0.1, -0.05) is 67.1 Å². The average Bonchev–Trinajstić information content (AvgIpc) is 3.46. The van der Waals surface area contributed by atoms with Crippen LogP contribution < -0.4 is 5.32 Å². The van der Waals surface area contributed by atoms with Gasteiger partial charge in [-0.15, -0.1) is 0 Å². The first kappa shape index (κ1) is 23.4. The molecule has 5 heteroatoms. The molecule has 0 unspecified atom stereocenters. The Hall–Kier alpha value is -3.70. The van der Waals surface area contributed by atoms with Gasteiger partial charge in [0.25, 0.3) is 0 Å². The molecule has 0 bridgehead atoms. The molecule has 2 fully saturated rings. The molecule has 0 radical (unpaired) electrons. The second kappa shape index (κ2) is 8.95. The van der Waals surface area contributed by atoms with Crippen LogP contribution in [-0.2, 0) is 16.8 Å². The molecule has 2 aliphatic heterocycles. The van der Waals surface area contributed by atoms with Gasteiger partial charge in [-0.25, -0.2) is 0 Å². The molecule has 3 aliphatic rings. The molecular weight excluding hydrogens is 468 g/mol. The van der Waals surface area contributed by atoms with E-state index < -0.39 is 5.41 Å². The number of H-pyrrole nitrogens is 1. The minimum absolute atomic E-state index is 0.128. The van der Waals surface area contributed by atoms with E-state index in [1.54, 1.807) is 0 Å². The van der Waals surface area contributed by atoms with Crippen molar-refractivity contribution in [2.75, 3.05) is 5.32 Å². The summed E-state index contributed by atoms with van der Waals surface area (Å²) >= 11 is 0. The van der Waals surface area contributed by atoms with Gasteiger partial charge in [-0.05, 0) is 73.6 Å². The van der Waals surface area contributed by atoms with Crippen molar-refractivity contribution in [1.29, 1.82) is 0 Å². The normalized spacial score (nSPS) is 26.8. The van der Waals surface area contributed by atoms with Gasteiger partial charge in [-0.2, -0.15) is 5.10 Å². The molecule has 1 saturated heterocycles. The Balaban J connectivity index is 1.07. The van der Waals surface area contributed by atoms with Gasteiger partial charge in [0.05, 0.1) is 16.6 Å². The molecule has 1 amide bonds. The summed E-state index contributed by atoms with van der Waals surface area (Å²) in [5.41, 5.74) is 7.36. The molecule has 1 aromatic heterocycles. The Morgan fingerprint density at radius 3 is 2.61 bits per heavy atom. The number of anilines is 1. The maximum Gasteiger partial charge on any atom is 0.235 e. The summed E-state index contributed by atoms with van der Waals surface area (Å²) < 4.78 is 0. The number of hydrogen-bond donors (Lipinski definition) is 2. The van der Waals surface area contributed by atoms with Crippen LogP contribution in [0.2, 0.25) is 0 Å². The lowest BCUT2D eigenvalue weighted by Gasteiger charge is -2.39. The third-order valence-corrected chi connectivity index (χ3v) is 9.20. The van der Waals surface area contributed by atoms with Gasteiger partial charge < -0.3 is 5.32 Å². The standard InChI is InChI=1S/C33H34N4O/c1-21-6-5-7-22(2)37(21)20-24-12-10-23(11-13-24)14-17-29-26-16-15-25(18-31(26)36-35-29)28-19-33(28)27-8-3-4-9-30(27)34-32(33)38/h3-4,8-18,21-22,28H,5-7,19-20H2,1-2H3,(H,34,38)(H,35,36)/b17-14+/t21-,22+,28-,33-/m0/s1. The second-order valence-corrected chi connectivity index (χ2v) is 11.5. The van der Waals surface area contributed by atoms with Crippen molar-refractivity contribution in [2.45, 2.75) is 69.5 Å². The number of likely N-dealkylation sites (tertiary alicyclic amines) is 1. The number of carbonyl (C=O) groups is 1. The van der Waals surface area contributed by atoms with Gasteiger partial charge in [0.1, 0.15) is 0 Å². The molecule has 38 heavy (non-hydrogen) atoms. The number of rotatable bonds is 5. The van der Waals surface area contributed by atoms with E-state index in [2.05, 4.69) is 94.9 Å². The number of nitrogens with one attached hydrogen (secondary N) is 2. The van der Waals surface area contributed by atoms with Gasteiger partial charge in [-0.3, -0.25) is 14.8 Å². The van der Waals surface area contributed by atoms with Crippen molar-refractivity contribution in [3.8, 4) is 0 Å². The number of carbonyl (C=O) groups excluding carboxylic acids is 1. The minimum atomic E-state index is -0.413. The molecule has 2 N–H and O–H groups in total. The topological polar surface area (TPSA) is 61.0 Å². The van der Waals surface area contributed by atoms with E-state index in [1.807, 2.05) is 18.2 Å². The van der Waals surface area contributed by atoms with Crippen LogP contribution in [0.25, 0.3) is 23.1 Å². The summed E-state index contributed by atoms with van der Waals surface area (Å²) in [6.07, 6.45) is 9.02. The van der Waals surface area contributed by atoms with E-state index in [0.29, 0.717) is 12.1 Å². The number of para-hydroxylation sites is 1. The van der Waals surface area contributed by atoms with Crippen LogP contribution in [0.15, 0.2) is 66.7 Å². The van der Waals surface area contributed by atoms with Crippen LogP contribution in [0.1, 0.15) is 73.4 Å². The Labute approximate surface area is 223 Å². The number of piperidine rings is 1. The molecular formula is C33H34N4O. The fraction of sp³-hybridized carbons (Fsp3) is 0.333. The zero-order valence-corrected chi connectivity index (χ0v) is 22.1. The molecule has 1 saturated carbocycles. The fourth-order valence-corrected chi connectivity index (χ4v) is 6.86. The lowest BCUT2D eigenvalue weighted by Crippen LogP contribution is -2.42. The van der Waals surface area contributed by atoms with Crippen LogP contribution in [0.3, 0.4) is 0 Å². The maximum absolute atomic E-state index is 12.9. The lowest BCUT2D eigenvalue weighted by atomic mass is 9.92. The first-order valence-electron chi connectivity index (χ1n) is 13.9. The maximum atomic E-state index is 12.9. The zero-order chi connectivity index (χ0) is 25.9. The van der Waals surface area contributed by atoms with Crippen molar-refractivity contribution in [1.82, 2.24) is 15.1 Å². The first-order chi connectivity index (χ1) is 18.5. The average molecular weight is 503 g/mol. The van der Waals surface area contributed by atoms with Gasteiger partial charge in [0.2, 0.25) is 5.91 Å². The number of aromatic nitrogens is 2. The number of hydrogen-bond acceptors (Lipinski definition) is 3. The quantitative estimate of drug-likeness (QED) is 0.313. The Bertz CT molecular complexity index is 1540. The van der Waals surface area contributed by atoms with E-state index in [0.717, 1.165) is 40.8 Å². The summed E-state index contributed by atoms with van der Waals surface area (Å²) in [5.74, 6) is 0.329. The smallest absolute Gasteiger partial charge is 0.235 e. The Kier molecular flexibility index (Phi) is 5.52. The second-order valence-electron chi connectivity index (χ2n) is 11.5. The molecule has 4 atom stereocenters. The van der Waals surface area contributed by atoms with Crippen molar-refractivity contribution in [3.63, 3.8) is 0 Å². The first-order valence-corrected chi connectivity index (χ1v) is 13.9. The molecule has 1 aliphatic carbocycles. The molecule has 3 heterocycles.